The number of nitrogens with zero attached hydrogens (tertiary/aromatic N) is 3. The first kappa shape index (κ1) is 22.6. The van der Waals surface area contributed by atoms with Crippen molar-refractivity contribution in [3.8, 4) is 5.75 Å². The zero-order valence-electron chi connectivity index (χ0n) is 17.3. The Labute approximate surface area is 178 Å². The minimum absolute atomic E-state index is 0.0110. The Balaban J connectivity index is 1.57. The topological polar surface area (TPSA) is 101 Å². The summed E-state index contributed by atoms with van der Waals surface area (Å²) in [4.78, 5) is 25.4. The lowest BCUT2D eigenvalue weighted by Gasteiger charge is -2.29. The van der Waals surface area contributed by atoms with Crippen LogP contribution >= 0.6 is 0 Å². The number of nitrogens with one attached hydrogen (secondary N) is 3. The zero-order chi connectivity index (χ0) is 22.4. The van der Waals surface area contributed by atoms with E-state index in [4.69, 9.17) is 0 Å². The molecule has 0 saturated heterocycles. The SMILES string of the molecule is CNc1nc(C)nc(N[C@@H]2CCC[C@H](C(=O)NCc3ccccc3OC(F)(F)F)C2)n1. The number of hydrogen-bond acceptors (Lipinski definition) is 7. The van der Waals surface area contributed by atoms with Crippen molar-refractivity contribution in [1.82, 2.24) is 20.3 Å². The van der Waals surface area contributed by atoms with Crippen LogP contribution in [0.25, 0.3) is 0 Å². The first-order valence-electron chi connectivity index (χ1n) is 10.0. The summed E-state index contributed by atoms with van der Waals surface area (Å²) in [5, 5.41) is 8.88. The third-order valence-electron chi connectivity index (χ3n) is 5.00. The van der Waals surface area contributed by atoms with Crippen molar-refractivity contribution in [3.63, 3.8) is 0 Å². The van der Waals surface area contributed by atoms with Crippen LogP contribution in [0.5, 0.6) is 5.75 Å². The first-order chi connectivity index (χ1) is 14.7. The molecule has 3 rings (SSSR count). The molecule has 0 aliphatic heterocycles. The average molecular weight is 438 g/mol. The van der Waals surface area contributed by atoms with Gasteiger partial charge in [-0.2, -0.15) is 15.0 Å². The number of aryl methyl sites for hydroxylation is 1. The van der Waals surface area contributed by atoms with E-state index in [1.165, 1.54) is 18.2 Å². The highest BCUT2D eigenvalue weighted by molar-refractivity contribution is 5.78. The van der Waals surface area contributed by atoms with E-state index in [9.17, 15) is 18.0 Å². The van der Waals surface area contributed by atoms with Crippen LogP contribution in [0.15, 0.2) is 24.3 Å². The van der Waals surface area contributed by atoms with Crippen molar-refractivity contribution in [2.45, 2.75) is 51.6 Å². The number of aromatic nitrogens is 3. The molecule has 0 unspecified atom stereocenters. The lowest BCUT2D eigenvalue weighted by Crippen LogP contribution is -2.37. The first-order valence-corrected chi connectivity index (χ1v) is 10.0. The monoisotopic (exact) mass is 438 g/mol. The van der Waals surface area contributed by atoms with Gasteiger partial charge in [-0.1, -0.05) is 24.6 Å². The van der Waals surface area contributed by atoms with Gasteiger partial charge in [0.05, 0.1) is 0 Å². The van der Waals surface area contributed by atoms with Crippen LogP contribution in [0.2, 0.25) is 0 Å². The van der Waals surface area contributed by atoms with Crippen molar-refractivity contribution in [2.75, 3.05) is 17.7 Å². The van der Waals surface area contributed by atoms with Crippen molar-refractivity contribution < 1.29 is 22.7 Å². The molecule has 1 aliphatic carbocycles. The lowest BCUT2D eigenvalue weighted by atomic mass is 9.85. The van der Waals surface area contributed by atoms with Gasteiger partial charge in [0.1, 0.15) is 11.6 Å². The molecule has 0 spiro atoms. The fourth-order valence-corrected chi connectivity index (χ4v) is 3.60. The molecule has 1 aromatic heterocycles. The Morgan fingerprint density at radius 2 is 1.90 bits per heavy atom. The van der Waals surface area contributed by atoms with Crippen LogP contribution in [0.3, 0.4) is 0 Å². The molecule has 1 aromatic carbocycles. The van der Waals surface area contributed by atoms with Gasteiger partial charge in [0.2, 0.25) is 17.8 Å². The number of hydrogen-bond donors (Lipinski definition) is 3. The summed E-state index contributed by atoms with van der Waals surface area (Å²) < 4.78 is 41.8. The maximum absolute atomic E-state index is 12.7. The van der Waals surface area contributed by atoms with Gasteiger partial charge in [-0.15, -0.1) is 13.2 Å². The van der Waals surface area contributed by atoms with E-state index in [2.05, 4.69) is 35.6 Å². The molecule has 168 valence electrons. The van der Waals surface area contributed by atoms with Crippen LogP contribution < -0.4 is 20.7 Å². The van der Waals surface area contributed by atoms with Crippen LogP contribution in [0, 0.1) is 12.8 Å². The van der Waals surface area contributed by atoms with E-state index in [1.54, 1.807) is 20.0 Å². The Bertz CT molecular complexity index is 909. The van der Waals surface area contributed by atoms with Gasteiger partial charge >= 0.3 is 6.36 Å². The van der Waals surface area contributed by atoms with Gasteiger partial charge in [-0.3, -0.25) is 4.79 Å². The standard InChI is InChI=1S/C20H25F3N6O2/c1-12-26-18(24-2)29-19(27-12)28-15-8-5-7-13(10-15)17(30)25-11-14-6-3-4-9-16(14)31-20(21,22)23/h3-4,6,9,13,15H,5,7-8,10-11H2,1-2H3,(H,25,30)(H2,24,26,27,28,29)/t13-,15+/m0/s1. The smallest absolute Gasteiger partial charge is 0.405 e. The van der Waals surface area contributed by atoms with Crippen molar-refractivity contribution in [3.05, 3.63) is 35.7 Å². The van der Waals surface area contributed by atoms with Crippen molar-refractivity contribution in [2.24, 2.45) is 5.92 Å². The summed E-state index contributed by atoms with van der Waals surface area (Å²) in [6, 6.07) is 5.78. The highest BCUT2D eigenvalue weighted by atomic mass is 19.4. The third kappa shape index (κ3) is 6.69. The van der Waals surface area contributed by atoms with Gasteiger partial charge in [-0.05, 0) is 32.3 Å². The predicted octanol–water partition coefficient (Wildman–Crippen LogP) is 3.41. The minimum Gasteiger partial charge on any atom is -0.405 e. The summed E-state index contributed by atoms with van der Waals surface area (Å²) >= 11 is 0. The van der Waals surface area contributed by atoms with E-state index >= 15 is 0 Å². The van der Waals surface area contributed by atoms with Crippen LogP contribution in [0.4, 0.5) is 25.1 Å². The molecule has 3 N–H and O–H groups in total. The number of ether oxygens (including phenoxy) is 1. The number of carbonyl (C=O) groups excluding carboxylic acids is 1. The molecule has 2 aromatic rings. The Morgan fingerprint density at radius 3 is 2.65 bits per heavy atom. The van der Waals surface area contributed by atoms with E-state index in [0.717, 1.165) is 12.8 Å². The minimum atomic E-state index is -4.79. The Hall–Kier alpha value is -3.11. The van der Waals surface area contributed by atoms with Crippen LogP contribution in [0.1, 0.15) is 37.1 Å². The molecule has 1 fully saturated rings. The maximum atomic E-state index is 12.7. The zero-order valence-corrected chi connectivity index (χ0v) is 17.3. The highest BCUT2D eigenvalue weighted by Crippen LogP contribution is 2.28. The van der Waals surface area contributed by atoms with Gasteiger partial charge in [0, 0.05) is 31.1 Å². The Morgan fingerprint density at radius 1 is 1.16 bits per heavy atom. The van der Waals surface area contributed by atoms with Crippen molar-refractivity contribution >= 4 is 17.8 Å². The molecular formula is C20H25F3N6O2. The number of rotatable bonds is 7. The Kier molecular flexibility index (Phi) is 7.13. The number of amides is 1. The summed E-state index contributed by atoms with van der Waals surface area (Å²) in [5.74, 6) is 0.710. The molecule has 1 amide bonds. The second-order valence-corrected chi connectivity index (χ2v) is 7.36. The molecule has 2 atom stereocenters. The molecule has 31 heavy (non-hydrogen) atoms. The molecular weight excluding hydrogens is 413 g/mol. The van der Waals surface area contributed by atoms with Crippen LogP contribution in [-0.4, -0.2) is 40.3 Å². The van der Waals surface area contributed by atoms with E-state index in [-0.39, 0.29) is 35.7 Å². The second kappa shape index (κ2) is 9.80. The average Bonchev–Trinajstić information content (AvgIpc) is 2.71. The second-order valence-electron chi connectivity index (χ2n) is 7.36. The molecule has 0 bridgehead atoms. The number of anilines is 2. The van der Waals surface area contributed by atoms with Gasteiger partial charge in [0.15, 0.2) is 0 Å². The normalized spacial score (nSPS) is 18.9. The predicted molar refractivity (Wildman–Crippen MR) is 108 cm³/mol. The molecule has 11 heteroatoms. The van der Waals surface area contributed by atoms with Gasteiger partial charge in [-0.25, -0.2) is 0 Å². The number of halogens is 3. The maximum Gasteiger partial charge on any atom is 0.573 e. The van der Waals surface area contributed by atoms with E-state index < -0.39 is 6.36 Å². The molecule has 1 saturated carbocycles. The van der Waals surface area contributed by atoms with Gasteiger partial charge < -0.3 is 20.7 Å². The number of para-hydroxylation sites is 1. The molecule has 0 radical (unpaired) electrons. The molecule has 1 heterocycles. The summed E-state index contributed by atoms with van der Waals surface area (Å²) in [7, 11) is 1.72. The fourth-order valence-electron chi connectivity index (χ4n) is 3.60. The van der Waals surface area contributed by atoms with Crippen LogP contribution in [-0.2, 0) is 11.3 Å². The fraction of sp³-hybridized carbons (Fsp3) is 0.500. The largest absolute Gasteiger partial charge is 0.573 e. The van der Waals surface area contributed by atoms with E-state index in [1.807, 2.05) is 0 Å². The lowest BCUT2D eigenvalue weighted by molar-refractivity contribution is -0.274. The summed E-state index contributed by atoms with van der Waals surface area (Å²) in [6.45, 7) is 1.73. The van der Waals surface area contributed by atoms with Crippen molar-refractivity contribution in [1.29, 1.82) is 0 Å². The quantitative estimate of drug-likeness (QED) is 0.609. The molecule has 1 aliphatic rings. The van der Waals surface area contributed by atoms with E-state index in [0.29, 0.717) is 30.6 Å². The number of alkyl halides is 3. The summed E-state index contributed by atoms with van der Waals surface area (Å²) in [5.41, 5.74) is 0.263. The molecule has 8 nitrogen and oxygen atoms in total. The third-order valence-corrected chi connectivity index (χ3v) is 5.00. The number of benzene rings is 1. The van der Waals surface area contributed by atoms with Gasteiger partial charge in [0.25, 0.3) is 0 Å². The highest BCUT2D eigenvalue weighted by Gasteiger charge is 2.32. The number of carbonyl (C=O) groups is 1. The summed E-state index contributed by atoms with van der Waals surface area (Å²) in [6.07, 6.45) is -1.80.